The van der Waals surface area contributed by atoms with Gasteiger partial charge >= 0.3 is 11.8 Å². The summed E-state index contributed by atoms with van der Waals surface area (Å²) in [4.78, 5) is 36.5. The van der Waals surface area contributed by atoms with Crippen LogP contribution in [-0.2, 0) is 20.9 Å². The van der Waals surface area contributed by atoms with Crippen molar-refractivity contribution < 1.29 is 33.3 Å². The maximum absolute atomic E-state index is 12.3. The number of halogens is 1. The molecule has 3 aromatic carbocycles. The van der Waals surface area contributed by atoms with Gasteiger partial charge in [0.2, 0.25) is 6.79 Å². The second-order valence-electron chi connectivity index (χ2n) is 8.03. The number of anilines is 1. The van der Waals surface area contributed by atoms with Crippen LogP contribution in [0.5, 0.6) is 23.0 Å². The number of rotatable bonds is 10. The first-order valence-corrected chi connectivity index (χ1v) is 12.2. The van der Waals surface area contributed by atoms with Crippen molar-refractivity contribution in [3.8, 4) is 23.0 Å². The molecule has 0 unspecified atom stereocenters. The molecule has 4 rings (SSSR count). The topological polar surface area (TPSA) is 137 Å². The van der Waals surface area contributed by atoms with Crippen molar-refractivity contribution in [2.24, 2.45) is 5.10 Å². The monoisotopic (exact) mass is 552 g/mol. The summed E-state index contributed by atoms with van der Waals surface area (Å²) in [6, 6.07) is 17.0. The molecular formula is C27H25ClN4O7. The molecular weight excluding hydrogens is 528 g/mol. The second-order valence-corrected chi connectivity index (χ2v) is 8.43. The number of carbonyl (C=O) groups excluding carboxylic acids is 3. The van der Waals surface area contributed by atoms with E-state index in [0.717, 1.165) is 5.56 Å². The van der Waals surface area contributed by atoms with Crippen LogP contribution in [0.25, 0.3) is 0 Å². The fourth-order valence-electron chi connectivity index (χ4n) is 3.41. The fourth-order valence-corrected chi connectivity index (χ4v) is 3.60. The molecule has 11 nitrogen and oxygen atoms in total. The normalized spacial score (nSPS) is 11.6. The first kappa shape index (κ1) is 27.3. The first-order chi connectivity index (χ1) is 18.9. The SMILES string of the molecule is CCOc1cc(/C=N\NC(=O)C(=O)NCc2ccc3c(c2)OCO3)ccc1OCC(=O)Nc1ccccc1Cl. The van der Waals surface area contributed by atoms with Gasteiger partial charge < -0.3 is 29.6 Å². The number of hydrogen-bond acceptors (Lipinski definition) is 8. The highest BCUT2D eigenvalue weighted by Gasteiger charge is 2.16. The highest BCUT2D eigenvalue weighted by Crippen LogP contribution is 2.32. The molecule has 1 heterocycles. The quantitative estimate of drug-likeness (QED) is 0.199. The van der Waals surface area contributed by atoms with E-state index in [9.17, 15) is 14.4 Å². The number of para-hydroxylation sites is 1. The molecule has 3 aromatic rings. The molecule has 202 valence electrons. The van der Waals surface area contributed by atoms with Crippen molar-refractivity contribution in [3.05, 3.63) is 76.8 Å². The van der Waals surface area contributed by atoms with E-state index >= 15 is 0 Å². The molecule has 0 aromatic heterocycles. The molecule has 1 aliphatic heterocycles. The number of amides is 3. The standard InChI is InChI=1S/C27H25ClN4O7/c1-2-36-23-12-18(8-9-21(23)37-15-25(33)31-20-6-4-3-5-19(20)28)14-30-32-27(35)26(34)29-13-17-7-10-22-24(11-17)39-16-38-22/h3-12,14H,2,13,15-16H2,1H3,(H,29,34)(H,31,33)(H,32,35)/b30-14-. The van der Waals surface area contributed by atoms with E-state index in [1.54, 1.807) is 67.6 Å². The van der Waals surface area contributed by atoms with Crippen molar-refractivity contribution in [1.29, 1.82) is 0 Å². The Labute approximate surface area is 229 Å². The number of carbonyl (C=O) groups is 3. The van der Waals surface area contributed by atoms with E-state index in [-0.39, 0.29) is 19.9 Å². The summed E-state index contributed by atoms with van der Waals surface area (Å²) in [5.74, 6) is -0.243. The zero-order valence-corrected chi connectivity index (χ0v) is 21.6. The lowest BCUT2D eigenvalue weighted by atomic mass is 10.2. The van der Waals surface area contributed by atoms with Gasteiger partial charge in [0.05, 0.1) is 23.5 Å². The Morgan fingerprint density at radius 1 is 0.974 bits per heavy atom. The van der Waals surface area contributed by atoms with E-state index in [0.29, 0.717) is 45.9 Å². The number of hydrazone groups is 1. The van der Waals surface area contributed by atoms with Gasteiger partial charge in [0, 0.05) is 6.54 Å². The van der Waals surface area contributed by atoms with Crippen molar-refractivity contribution in [2.45, 2.75) is 13.5 Å². The van der Waals surface area contributed by atoms with Crippen LogP contribution in [0.1, 0.15) is 18.1 Å². The zero-order chi connectivity index (χ0) is 27.6. The molecule has 39 heavy (non-hydrogen) atoms. The van der Waals surface area contributed by atoms with E-state index in [2.05, 4.69) is 21.2 Å². The van der Waals surface area contributed by atoms with Crippen molar-refractivity contribution >= 4 is 41.2 Å². The molecule has 0 saturated carbocycles. The zero-order valence-electron chi connectivity index (χ0n) is 20.9. The summed E-state index contributed by atoms with van der Waals surface area (Å²) in [5, 5.41) is 9.44. The van der Waals surface area contributed by atoms with Crippen LogP contribution in [0.15, 0.2) is 65.8 Å². The third-order valence-electron chi connectivity index (χ3n) is 5.25. The maximum Gasteiger partial charge on any atom is 0.329 e. The first-order valence-electron chi connectivity index (χ1n) is 11.9. The van der Waals surface area contributed by atoms with Crippen molar-refractivity contribution in [1.82, 2.24) is 10.7 Å². The molecule has 0 spiro atoms. The molecule has 12 heteroatoms. The van der Waals surface area contributed by atoms with Crippen LogP contribution in [-0.4, -0.2) is 43.9 Å². The molecule has 3 amide bonds. The minimum Gasteiger partial charge on any atom is -0.490 e. The van der Waals surface area contributed by atoms with Gasteiger partial charge in [0.1, 0.15) is 0 Å². The number of nitrogens with zero attached hydrogens (tertiary/aromatic N) is 1. The Morgan fingerprint density at radius 3 is 2.62 bits per heavy atom. The van der Waals surface area contributed by atoms with Gasteiger partial charge in [0.25, 0.3) is 5.91 Å². The molecule has 0 saturated heterocycles. The summed E-state index contributed by atoms with van der Waals surface area (Å²) in [6.45, 7) is 2.16. The van der Waals surface area contributed by atoms with Crippen LogP contribution >= 0.6 is 11.6 Å². The van der Waals surface area contributed by atoms with Gasteiger partial charge in [-0.25, -0.2) is 5.43 Å². The van der Waals surface area contributed by atoms with E-state index in [1.807, 2.05) is 0 Å². The summed E-state index contributed by atoms with van der Waals surface area (Å²) in [7, 11) is 0. The molecule has 0 bridgehead atoms. The van der Waals surface area contributed by atoms with Crippen LogP contribution in [0.2, 0.25) is 5.02 Å². The average molecular weight is 553 g/mol. The third kappa shape index (κ3) is 7.62. The van der Waals surface area contributed by atoms with E-state index in [1.165, 1.54) is 6.21 Å². The van der Waals surface area contributed by atoms with Gasteiger partial charge in [-0.1, -0.05) is 29.8 Å². The summed E-state index contributed by atoms with van der Waals surface area (Å²) < 4.78 is 21.8. The van der Waals surface area contributed by atoms with E-state index in [4.69, 9.17) is 30.5 Å². The smallest absolute Gasteiger partial charge is 0.329 e. The van der Waals surface area contributed by atoms with Gasteiger partial charge in [-0.15, -0.1) is 0 Å². The van der Waals surface area contributed by atoms with Gasteiger partial charge in [-0.2, -0.15) is 5.10 Å². The number of hydrogen-bond donors (Lipinski definition) is 3. The highest BCUT2D eigenvalue weighted by atomic mass is 35.5. The van der Waals surface area contributed by atoms with Crippen LogP contribution in [0.4, 0.5) is 5.69 Å². The number of ether oxygens (including phenoxy) is 4. The van der Waals surface area contributed by atoms with Crippen molar-refractivity contribution in [2.75, 3.05) is 25.3 Å². The molecule has 0 aliphatic carbocycles. The molecule has 0 radical (unpaired) electrons. The van der Waals surface area contributed by atoms with Gasteiger partial charge in [-0.3, -0.25) is 14.4 Å². The second kappa shape index (κ2) is 13.2. The van der Waals surface area contributed by atoms with Gasteiger partial charge in [-0.05, 0) is 60.5 Å². The predicted octanol–water partition coefficient (Wildman–Crippen LogP) is 3.25. The van der Waals surface area contributed by atoms with Crippen molar-refractivity contribution in [3.63, 3.8) is 0 Å². The lowest BCUT2D eigenvalue weighted by molar-refractivity contribution is -0.139. The Hall–Kier alpha value is -4.77. The number of benzene rings is 3. The third-order valence-corrected chi connectivity index (χ3v) is 5.58. The Balaban J connectivity index is 1.27. The van der Waals surface area contributed by atoms with Crippen LogP contribution in [0, 0.1) is 0 Å². The molecule has 0 fully saturated rings. The Morgan fingerprint density at radius 2 is 1.79 bits per heavy atom. The number of nitrogens with one attached hydrogen (secondary N) is 3. The lowest BCUT2D eigenvalue weighted by Gasteiger charge is -2.13. The minimum absolute atomic E-state index is 0.127. The van der Waals surface area contributed by atoms with E-state index < -0.39 is 17.7 Å². The molecule has 3 N–H and O–H groups in total. The average Bonchev–Trinajstić information content (AvgIpc) is 3.41. The summed E-state index contributed by atoms with van der Waals surface area (Å²) in [5.41, 5.74) is 3.97. The lowest BCUT2D eigenvalue weighted by Crippen LogP contribution is -2.37. The van der Waals surface area contributed by atoms with Crippen LogP contribution in [0.3, 0.4) is 0 Å². The minimum atomic E-state index is -0.929. The molecule has 1 aliphatic rings. The predicted molar refractivity (Wildman–Crippen MR) is 143 cm³/mol. The Bertz CT molecular complexity index is 1400. The number of fused-ring (bicyclic) bond motifs is 1. The fraction of sp³-hybridized carbons (Fsp3) is 0.185. The molecule has 0 atom stereocenters. The summed E-state index contributed by atoms with van der Waals surface area (Å²) >= 11 is 6.06. The highest BCUT2D eigenvalue weighted by molar-refractivity contribution is 6.35. The maximum atomic E-state index is 12.3. The van der Waals surface area contributed by atoms with Crippen LogP contribution < -0.4 is 35.0 Å². The van der Waals surface area contributed by atoms with Gasteiger partial charge in [0.15, 0.2) is 29.6 Å². The summed E-state index contributed by atoms with van der Waals surface area (Å²) in [6.07, 6.45) is 1.35. The largest absolute Gasteiger partial charge is 0.490 e. The Kier molecular flexibility index (Phi) is 9.20.